The minimum Gasteiger partial charge on any atom is 0 e. The third-order valence-electron chi connectivity index (χ3n) is 0. The largest absolute Gasteiger partial charge is 0 e. The zero-order valence-electron chi connectivity index (χ0n) is 4.12. The summed E-state index contributed by atoms with van der Waals surface area (Å²) in [6.45, 7) is 0. The molecule has 0 atom stereocenters. The Morgan fingerprint density at radius 3 is 0.571 bits per heavy atom. The Kier molecular flexibility index (Phi) is 14700. The normalized spacial score (nSPS) is 0. The van der Waals surface area contributed by atoms with Crippen molar-refractivity contribution in [3.05, 3.63) is 0 Å². The fraction of sp³-hybridized carbons (Fsp3) is 1.00. The van der Waals surface area contributed by atoms with E-state index in [-0.39, 0.29) is 170 Å². The second-order valence-electron chi connectivity index (χ2n) is 0. The molecule has 106 valence electrons. The maximum Gasteiger partial charge on any atom is 0 e. The van der Waals surface area contributed by atoms with E-state index in [2.05, 4.69) is 0 Å². The van der Waals surface area contributed by atoms with Crippen molar-refractivity contribution in [1.29, 1.82) is 0 Å². The van der Waals surface area contributed by atoms with Crippen LogP contribution in [0.3, 0.4) is 0 Å². The maximum absolute atomic E-state index is 0. The van der Waals surface area contributed by atoms with Crippen LogP contribution in [-0.2, 0) is 19.5 Å². The molecule has 0 amide bonds. The molecular formula is C9H55AlMgSiSnZn. The standard InChI is InChI=1S/9CH4.Al.Mg.H4Si.Sn.Zn.4H2.7H/h9*1H4;;;1H4;;;4*1H;;;;;;;/q;;;;;;;;;;+2;;;;;;;;;;;;;2*-1/i;;;;;;;;;;;;;;4*1+1;;;;;;;. The van der Waals surface area contributed by atoms with Gasteiger partial charge in [-0.25, -0.2) is 0 Å². The minimum absolute atomic E-state index is 0. The van der Waals surface area contributed by atoms with E-state index in [9.17, 15) is 0 Å². The van der Waals surface area contributed by atoms with Crippen molar-refractivity contribution in [1.82, 2.24) is 0 Å². The van der Waals surface area contributed by atoms with Gasteiger partial charge in [-0.1, -0.05) is 66.8 Å². The zero-order chi connectivity index (χ0) is 0. The van der Waals surface area contributed by atoms with Crippen molar-refractivity contribution in [3.8, 4) is 0 Å². The molecule has 0 aliphatic carbocycles. The average Bonchev–Trinajstić information content (AvgIpc) is 0. The molecule has 0 aliphatic rings. The first-order valence-corrected chi connectivity index (χ1v) is 0. The monoisotopic (exact) mass is 430 g/mol. The van der Waals surface area contributed by atoms with E-state index in [0.717, 1.165) is 0 Å². The third kappa shape index (κ3) is 336. The van der Waals surface area contributed by atoms with Crippen molar-refractivity contribution in [2.45, 2.75) is 66.8 Å². The van der Waals surface area contributed by atoms with E-state index in [1.165, 1.54) is 0 Å². The van der Waals surface area contributed by atoms with Crippen LogP contribution >= 0.6 is 0 Å². The number of hydrogen-bond acceptors (Lipinski definition) is 0. The van der Waals surface area contributed by atoms with Crippen LogP contribution in [0.5, 0.6) is 0 Å². The quantitative estimate of drug-likeness (QED) is 0.518. The topological polar surface area (TPSA) is 0 Å². The van der Waals surface area contributed by atoms with Gasteiger partial charge in [0.1, 0.15) is 0 Å². The number of hydrogen-bond donors (Lipinski definition) is 0. The van der Waals surface area contributed by atoms with Gasteiger partial charge in [-0.3, -0.25) is 0 Å². The fourth-order valence-corrected chi connectivity index (χ4v) is 0. The SMILES string of the molecule is C.C.C.C.C.C.C.C.C.[2HH].[2HH].[2HH].[2HH].[AlH3].[H-].[H-].[Mg+2].[SiH4].[SnH2].[Zn]. The molecule has 14 heavy (non-hydrogen) atoms. The van der Waals surface area contributed by atoms with Gasteiger partial charge in [-0.15, -0.1) is 0 Å². The van der Waals surface area contributed by atoms with Gasteiger partial charge >= 0.3 is 47.0 Å². The van der Waals surface area contributed by atoms with Crippen molar-refractivity contribution in [3.63, 3.8) is 0 Å². The van der Waals surface area contributed by atoms with Gasteiger partial charge in [-0.05, 0) is 11.0 Å². The Hall–Kier alpha value is 2.94. The van der Waals surface area contributed by atoms with Gasteiger partial charge in [0.25, 0.3) is 0 Å². The molecule has 0 aliphatic heterocycles. The predicted octanol–water partition coefficient (Wildman–Crippen LogP) is 3.00. The predicted molar refractivity (Wildman–Crippen MR) is 107 cm³/mol. The summed E-state index contributed by atoms with van der Waals surface area (Å²) in [5.41, 5.74) is 0. The van der Waals surface area contributed by atoms with E-state index in [0.29, 0.717) is 0 Å². The zero-order valence-corrected chi connectivity index (χ0v) is 10.5. The molecule has 0 spiro atoms. The summed E-state index contributed by atoms with van der Waals surface area (Å²) in [6, 6.07) is 0. The molecule has 0 heterocycles. The van der Waals surface area contributed by atoms with Crippen molar-refractivity contribution >= 4 is 75.3 Å². The summed E-state index contributed by atoms with van der Waals surface area (Å²) in [4.78, 5) is 0. The summed E-state index contributed by atoms with van der Waals surface area (Å²) >= 11 is 0. The van der Waals surface area contributed by atoms with E-state index >= 15 is 0 Å². The summed E-state index contributed by atoms with van der Waals surface area (Å²) in [6.07, 6.45) is 0. The fourth-order valence-electron chi connectivity index (χ4n) is 0. The van der Waals surface area contributed by atoms with E-state index in [1.807, 2.05) is 0 Å². The summed E-state index contributed by atoms with van der Waals surface area (Å²) in [5.74, 6) is 0. The Labute approximate surface area is 168 Å². The van der Waals surface area contributed by atoms with Crippen LogP contribution in [0.1, 0.15) is 75.4 Å². The van der Waals surface area contributed by atoms with Gasteiger partial charge in [-0.2, -0.15) is 0 Å². The molecule has 0 N–H and O–H groups in total. The van der Waals surface area contributed by atoms with Crippen LogP contribution in [0.15, 0.2) is 0 Å². The molecule has 0 saturated carbocycles. The molecule has 0 aromatic heterocycles. The minimum atomic E-state index is 0. The first kappa shape index (κ1) is 499. The molecule has 5 heteroatoms. The Balaban J connectivity index is 0. The molecule has 0 rings (SSSR count). The van der Waals surface area contributed by atoms with Crippen LogP contribution in [-0.4, -0.2) is 75.3 Å². The Morgan fingerprint density at radius 2 is 0.571 bits per heavy atom. The molecule has 2 radical (unpaired) electrons. The molecule has 0 nitrogen and oxygen atoms in total. The molecule has 0 aromatic rings. The molecule has 0 saturated heterocycles. The second kappa shape index (κ2) is 412. The molecule has 0 unspecified atom stereocenters. The van der Waals surface area contributed by atoms with E-state index in [1.54, 1.807) is 0 Å². The van der Waals surface area contributed by atoms with Gasteiger partial charge in [0.05, 0.1) is 0 Å². The summed E-state index contributed by atoms with van der Waals surface area (Å²) in [7, 11) is 0. The Morgan fingerprint density at radius 1 is 0.571 bits per heavy atom. The van der Waals surface area contributed by atoms with E-state index in [4.69, 9.17) is 0 Å². The van der Waals surface area contributed by atoms with Gasteiger partial charge < -0.3 is 2.85 Å². The van der Waals surface area contributed by atoms with Gasteiger partial charge in [0.2, 0.25) is 0 Å². The second-order valence-corrected chi connectivity index (χ2v) is 0. The number of rotatable bonds is 0. The van der Waals surface area contributed by atoms with Gasteiger partial charge in [0, 0.05) is 25.2 Å². The molecular weight excluding hydrogens is 372 g/mol. The van der Waals surface area contributed by atoms with Crippen LogP contribution in [0.25, 0.3) is 0 Å². The van der Waals surface area contributed by atoms with Crippen LogP contribution in [0.2, 0.25) is 0 Å². The first-order valence-electron chi connectivity index (χ1n) is 0. The molecule has 0 bridgehead atoms. The smallest absolute Gasteiger partial charge is 0 e. The molecule has 0 aromatic carbocycles. The van der Waals surface area contributed by atoms with Crippen LogP contribution in [0.4, 0.5) is 0 Å². The molecule has 0 fully saturated rings. The third-order valence-corrected chi connectivity index (χ3v) is 0. The van der Waals surface area contributed by atoms with E-state index < -0.39 is 0 Å². The van der Waals surface area contributed by atoms with Crippen molar-refractivity contribution in [2.75, 3.05) is 0 Å². The van der Waals surface area contributed by atoms with Crippen LogP contribution in [0, 0.1) is 0 Å². The summed E-state index contributed by atoms with van der Waals surface area (Å²) in [5, 5.41) is 0. The average molecular weight is 431 g/mol. The van der Waals surface area contributed by atoms with Gasteiger partial charge in [0.15, 0.2) is 17.4 Å². The Bertz CT molecular complexity index is 42.4. The van der Waals surface area contributed by atoms with Crippen molar-refractivity contribution in [2.24, 2.45) is 0 Å². The summed E-state index contributed by atoms with van der Waals surface area (Å²) < 4.78 is 0. The maximum atomic E-state index is 0. The van der Waals surface area contributed by atoms with Crippen LogP contribution < -0.4 is 0 Å². The van der Waals surface area contributed by atoms with Crippen molar-refractivity contribution < 1.29 is 28.0 Å². The first-order chi connectivity index (χ1) is 0.